The van der Waals surface area contributed by atoms with Crippen LogP contribution >= 0.6 is 27.7 Å². The summed E-state index contributed by atoms with van der Waals surface area (Å²) < 4.78 is 8.30. The second kappa shape index (κ2) is 9.76. The van der Waals surface area contributed by atoms with Crippen LogP contribution in [0.2, 0.25) is 0 Å². The molecule has 0 saturated carbocycles. The number of thioether (sulfide) groups is 1. The molecule has 4 rings (SSSR count). The Bertz CT molecular complexity index is 1200. The lowest BCUT2D eigenvalue weighted by atomic mass is 10.2. The topological polar surface area (TPSA) is 85.3 Å². The molecule has 0 aliphatic carbocycles. The maximum atomic E-state index is 12.2. The van der Waals surface area contributed by atoms with Crippen molar-refractivity contribution in [3.8, 4) is 17.1 Å². The summed E-state index contributed by atoms with van der Waals surface area (Å²) in [5.41, 5.74) is 4.34. The lowest BCUT2D eigenvalue weighted by molar-refractivity contribution is -0.118. The van der Waals surface area contributed by atoms with E-state index in [1.54, 1.807) is 6.07 Å². The van der Waals surface area contributed by atoms with Gasteiger partial charge in [0.1, 0.15) is 11.5 Å². The number of furan rings is 1. The first-order valence-corrected chi connectivity index (χ1v) is 11.2. The predicted octanol–water partition coefficient (Wildman–Crippen LogP) is 4.84. The quantitative estimate of drug-likeness (QED) is 0.225. The molecule has 1 amide bonds. The molecule has 9 heteroatoms. The van der Waals surface area contributed by atoms with Gasteiger partial charge in [0.15, 0.2) is 11.0 Å². The van der Waals surface area contributed by atoms with Gasteiger partial charge in [-0.25, -0.2) is 5.43 Å². The van der Waals surface area contributed by atoms with E-state index >= 15 is 0 Å². The zero-order chi connectivity index (χ0) is 21.6. The van der Waals surface area contributed by atoms with Crippen LogP contribution in [0, 0.1) is 6.92 Å². The second-order valence-corrected chi connectivity index (χ2v) is 8.37. The van der Waals surface area contributed by atoms with Gasteiger partial charge in [-0.05, 0) is 43.3 Å². The molecule has 0 bridgehead atoms. The Kier molecular flexibility index (Phi) is 6.63. The molecule has 2 aromatic carbocycles. The Morgan fingerprint density at radius 3 is 2.61 bits per heavy atom. The fourth-order valence-corrected chi connectivity index (χ4v) is 3.82. The van der Waals surface area contributed by atoms with Crippen molar-refractivity contribution in [1.29, 1.82) is 0 Å². The fraction of sp³-hybridized carbons (Fsp3) is 0.0909. The van der Waals surface area contributed by atoms with E-state index in [0.29, 0.717) is 16.7 Å². The van der Waals surface area contributed by atoms with Crippen LogP contribution in [0.5, 0.6) is 0 Å². The molecule has 31 heavy (non-hydrogen) atoms. The smallest absolute Gasteiger partial charge is 0.250 e. The molecule has 2 heterocycles. The molecule has 156 valence electrons. The van der Waals surface area contributed by atoms with Crippen molar-refractivity contribution in [2.75, 3.05) is 5.75 Å². The summed E-state index contributed by atoms with van der Waals surface area (Å²) in [5, 5.41) is 13.2. The van der Waals surface area contributed by atoms with E-state index in [0.717, 1.165) is 21.5 Å². The van der Waals surface area contributed by atoms with Crippen LogP contribution in [-0.2, 0) is 4.79 Å². The summed E-state index contributed by atoms with van der Waals surface area (Å²) >= 11 is 4.75. The molecule has 7 nitrogen and oxygen atoms in total. The second-order valence-electron chi connectivity index (χ2n) is 6.51. The third kappa shape index (κ3) is 5.31. The first kappa shape index (κ1) is 21.1. The summed E-state index contributed by atoms with van der Waals surface area (Å²) in [6, 6.07) is 21.3. The largest absolute Gasteiger partial charge is 0.460 e. The monoisotopic (exact) mass is 495 g/mol. The van der Waals surface area contributed by atoms with Crippen LogP contribution in [0.1, 0.15) is 11.5 Å². The molecule has 2 aromatic heterocycles. The highest BCUT2D eigenvalue weighted by atomic mass is 79.9. The summed E-state index contributed by atoms with van der Waals surface area (Å²) in [6.07, 6.45) is 1.47. The van der Waals surface area contributed by atoms with Gasteiger partial charge in [-0.1, -0.05) is 58.0 Å². The van der Waals surface area contributed by atoms with Crippen molar-refractivity contribution in [3.05, 3.63) is 82.7 Å². The Hall–Kier alpha value is -3.17. The molecule has 0 aliphatic heterocycles. The minimum atomic E-state index is -0.254. The van der Waals surface area contributed by atoms with Gasteiger partial charge in [-0.2, -0.15) is 5.10 Å². The van der Waals surface area contributed by atoms with Crippen molar-refractivity contribution < 1.29 is 9.21 Å². The van der Waals surface area contributed by atoms with E-state index in [-0.39, 0.29) is 11.7 Å². The Morgan fingerprint density at radius 2 is 1.90 bits per heavy atom. The Balaban J connectivity index is 1.51. The maximum Gasteiger partial charge on any atom is 0.250 e. The van der Waals surface area contributed by atoms with Crippen LogP contribution in [0.15, 0.2) is 85.9 Å². The number of benzene rings is 2. The molecule has 0 radical (unpaired) electrons. The van der Waals surface area contributed by atoms with Gasteiger partial charge in [-0.3, -0.25) is 9.36 Å². The van der Waals surface area contributed by atoms with Crippen LogP contribution < -0.4 is 5.43 Å². The molecular weight excluding hydrogens is 478 g/mol. The van der Waals surface area contributed by atoms with Crippen LogP contribution in [0.25, 0.3) is 17.1 Å². The van der Waals surface area contributed by atoms with E-state index in [1.807, 2.05) is 72.2 Å². The highest BCUT2D eigenvalue weighted by Gasteiger charge is 2.17. The zero-order valence-corrected chi connectivity index (χ0v) is 18.9. The zero-order valence-electron chi connectivity index (χ0n) is 16.5. The summed E-state index contributed by atoms with van der Waals surface area (Å²) in [7, 11) is 0. The number of hydrogen-bond donors (Lipinski definition) is 1. The number of rotatable bonds is 7. The first-order chi connectivity index (χ1) is 15.1. The van der Waals surface area contributed by atoms with Crippen LogP contribution in [0.4, 0.5) is 0 Å². The molecule has 0 fully saturated rings. The van der Waals surface area contributed by atoms with Gasteiger partial charge < -0.3 is 4.42 Å². The number of halogens is 1. The lowest BCUT2D eigenvalue weighted by Gasteiger charge is -2.10. The number of aryl methyl sites for hydroxylation is 1. The normalized spacial score (nSPS) is 11.2. The standard InChI is InChI=1S/C22H18BrN5O2S/c1-15-7-12-19(30-15)13-24-25-20(29)14-31-22-27-26-21(16-5-3-2-4-6-16)28(22)18-10-8-17(23)9-11-18/h2-13H,14H2,1H3,(H,25,29)/b24-13+. The molecule has 0 unspecified atom stereocenters. The fourth-order valence-electron chi connectivity index (χ4n) is 2.81. The third-order valence-electron chi connectivity index (χ3n) is 4.22. The van der Waals surface area contributed by atoms with E-state index in [9.17, 15) is 4.79 Å². The average Bonchev–Trinajstić information content (AvgIpc) is 3.39. The van der Waals surface area contributed by atoms with Gasteiger partial charge in [0.05, 0.1) is 12.0 Å². The number of hydrogen-bond acceptors (Lipinski definition) is 6. The van der Waals surface area contributed by atoms with Crippen molar-refractivity contribution in [2.45, 2.75) is 12.1 Å². The Morgan fingerprint density at radius 1 is 1.13 bits per heavy atom. The van der Waals surface area contributed by atoms with E-state index < -0.39 is 0 Å². The predicted molar refractivity (Wildman–Crippen MR) is 124 cm³/mol. The lowest BCUT2D eigenvalue weighted by Crippen LogP contribution is -2.19. The molecule has 0 spiro atoms. The minimum absolute atomic E-state index is 0.137. The van der Waals surface area contributed by atoms with E-state index in [1.165, 1.54) is 18.0 Å². The number of hydrazone groups is 1. The van der Waals surface area contributed by atoms with Gasteiger partial charge in [-0.15, -0.1) is 10.2 Å². The van der Waals surface area contributed by atoms with Crippen molar-refractivity contribution in [3.63, 3.8) is 0 Å². The van der Waals surface area contributed by atoms with E-state index in [4.69, 9.17) is 4.42 Å². The van der Waals surface area contributed by atoms with E-state index in [2.05, 4.69) is 36.7 Å². The van der Waals surface area contributed by atoms with Gasteiger partial charge in [0.2, 0.25) is 0 Å². The van der Waals surface area contributed by atoms with Crippen molar-refractivity contribution >= 4 is 39.8 Å². The van der Waals surface area contributed by atoms with Gasteiger partial charge in [0.25, 0.3) is 5.91 Å². The minimum Gasteiger partial charge on any atom is -0.460 e. The number of carbonyl (C=O) groups excluding carboxylic acids is 1. The van der Waals surface area contributed by atoms with Gasteiger partial charge in [0, 0.05) is 15.7 Å². The molecule has 0 saturated heterocycles. The van der Waals surface area contributed by atoms with Crippen molar-refractivity contribution in [1.82, 2.24) is 20.2 Å². The maximum absolute atomic E-state index is 12.2. The summed E-state index contributed by atoms with van der Waals surface area (Å²) in [4.78, 5) is 12.2. The summed E-state index contributed by atoms with van der Waals surface area (Å²) in [5.74, 6) is 1.95. The van der Waals surface area contributed by atoms with Crippen molar-refractivity contribution in [2.24, 2.45) is 5.10 Å². The molecular formula is C22H18BrN5O2S. The molecule has 1 N–H and O–H groups in total. The molecule has 0 aliphatic rings. The number of nitrogens with one attached hydrogen (secondary N) is 1. The summed E-state index contributed by atoms with van der Waals surface area (Å²) in [6.45, 7) is 1.85. The number of aromatic nitrogens is 3. The molecule has 0 atom stereocenters. The highest BCUT2D eigenvalue weighted by molar-refractivity contribution is 9.10. The average molecular weight is 496 g/mol. The molecule has 4 aromatic rings. The van der Waals surface area contributed by atoms with Crippen LogP contribution in [-0.4, -0.2) is 32.6 Å². The number of amides is 1. The van der Waals surface area contributed by atoms with Crippen LogP contribution in [0.3, 0.4) is 0 Å². The Labute approximate surface area is 191 Å². The number of nitrogens with zero attached hydrogens (tertiary/aromatic N) is 4. The number of carbonyl (C=O) groups is 1. The van der Waals surface area contributed by atoms with Gasteiger partial charge >= 0.3 is 0 Å². The third-order valence-corrected chi connectivity index (χ3v) is 5.68. The highest BCUT2D eigenvalue weighted by Crippen LogP contribution is 2.28. The SMILES string of the molecule is Cc1ccc(/C=N/NC(=O)CSc2nnc(-c3ccccc3)n2-c2ccc(Br)cc2)o1. The first-order valence-electron chi connectivity index (χ1n) is 9.38.